The summed E-state index contributed by atoms with van der Waals surface area (Å²) in [5.41, 5.74) is 2.74. The Labute approximate surface area is 194 Å². The van der Waals surface area contributed by atoms with Crippen molar-refractivity contribution in [1.82, 2.24) is 14.9 Å². The van der Waals surface area contributed by atoms with Gasteiger partial charge in [0.1, 0.15) is 17.3 Å². The number of ether oxygens (including phenoxy) is 1. The van der Waals surface area contributed by atoms with Crippen LogP contribution < -0.4 is 0 Å². The summed E-state index contributed by atoms with van der Waals surface area (Å²) < 4.78 is 11.4. The van der Waals surface area contributed by atoms with Gasteiger partial charge in [-0.1, -0.05) is 41.4 Å². The van der Waals surface area contributed by atoms with Gasteiger partial charge in [-0.3, -0.25) is 4.79 Å². The van der Waals surface area contributed by atoms with E-state index in [0.29, 0.717) is 64.8 Å². The fourth-order valence-electron chi connectivity index (χ4n) is 3.66. The molecule has 0 radical (unpaired) electrons. The number of benzene rings is 2. The number of furan rings is 1. The van der Waals surface area contributed by atoms with Gasteiger partial charge in [0.15, 0.2) is 0 Å². The summed E-state index contributed by atoms with van der Waals surface area (Å²) in [4.78, 5) is 23.1. The maximum Gasteiger partial charge on any atom is 0.257 e. The predicted octanol–water partition coefficient (Wildman–Crippen LogP) is 5.53. The maximum atomic E-state index is 13.4. The first kappa shape index (κ1) is 20.8. The van der Waals surface area contributed by atoms with Crippen molar-refractivity contribution in [2.24, 2.45) is 0 Å². The van der Waals surface area contributed by atoms with Gasteiger partial charge in [0.2, 0.25) is 0 Å². The van der Waals surface area contributed by atoms with E-state index in [2.05, 4.69) is 9.97 Å². The highest BCUT2D eigenvalue weighted by Crippen LogP contribution is 2.35. The molecule has 0 spiro atoms. The molecule has 3 heterocycles. The number of imidazole rings is 1. The predicted molar refractivity (Wildman–Crippen MR) is 126 cm³/mol. The second kappa shape index (κ2) is 8.82. The fraction of sp³-hybridized carbons (Fsp3) is 0.167. The first-order valence-corrected chi connectivity index (χ1v) is 10.9. The lowest BCUT2D eigenvalue weighted by molar-refractivity contribution is -0.128. The van der Waals surface area contributed by atoms with Crippen molar-refractivity contribution >= 4 is 51.8 Å². The molecule has 8 heteroatoms. The number of nitrogens with one attached hydrogen (secondary N) is 1. The van der Waals surface area contributed by atoms with Gasteiger partial charge in [-0.2, -0.15) is 0 Å². The summed E-state index contributed by atoms with van der Waals surface area (Å²) in [6, 6.07) is 16.6. The largest absolute Gasteiger partial charge is 0.457 e. The topological polar surface area (TPSA) is 71.4 Å². The number of halogens is 2. The van der Waals surface area contributed by atoms with Crippen molar-refractivity contribution in [2.45, 2.75) is 0 Å². The minimum absolute atomic E-state index is 0.133. The third-order valence-electron chi connectivity index (χ3n) is 5.30. The number of aromatic nitrogens is 2. The standard InChI is InChI=1S/C24H19Cl2N3O3/c25-18-5-3-4-16(22(18)26)21-9-8-15(32-21)14-17(24(30)29-10-12-31-13-11-29)23-27-19-6-1-2-7-20(19)28-23/h1-9,14H,10-13H2,(H,27,28)/b17-14+. The van der Waals surface area contributed by atoms with Crippen molar-refractivity contribution in [3.8, 4) is 11.3 Å². The number of nitrogens with zero attached hydrogens (tertiary/aromatic N) is 2. The summed E-state index contributed by atoms with van der Waals surface area (Å²) in [5.74, 6) is 1.42. The highest BCUT2D eigenvalue weighted by atomic mass is 35.5. The Morgan fingerprint density at radius 3 is 2.66 bits per heavy atom. The van der Waals surface area contributed by atoms with Crippen LogP contribution in [0.15, 0.2) is 59.0 Å². The quantitative estimate of drug-likeness (QED) is 0.400. The molecule has 1 aliphatic rings. The van der Waals surface area contributed by atoms with E-state index in [4.69, 9.17) is 32.4 Å². The number of rotatable bonds is 4. The molecule has 0 saturated carbocycles. The molecule has 0 unspecified atom stereocenters. The van der Waals surface area contributed by atoms with E-state index < -0.39 is 0 Å². The first-order chi connectivity index (χ1) is 15.6. The number of aromatic amines is 1. The monoisotopic (exact) mass is 467 g/mol. The van der Waals surface area contributed by atoms with Crippen LogP contribution in [0.5, 0.6) is 0 Å². The molecule has 1 N–H and O–H groups in total. The van der Waals surface area contributed by atoms with E-state index in [1.165, 1.54) is 0 Å². The van der Waals surface area contributed by atoms with E-state index in [9.17, 15) is 4.79 Å². The molecule has 2 aromatic heterocycles. The molecule has 32 heavy (non-hydrogen) atoms. The van der Waals surface area contributed by atoms with Gasteiger partial charge in [-0.15, -0.1) is 0 Å². The average Bonchev–Trinajstić information content (AvgIpc) is 3.46. The molecule has 0 aliphatic carbocycles. The normalized spacial score (nSPS) is 14.8. The smallest absolute Gasteiger partial charge is 0.257 e. The van der Waals surface area contributed by atoms with Gasteiger partial charge in [0, 0.05) is 18.7 Å². The number of carbonyl (C=O) groups excluding carboxylic acids is 1. The minimum atomic E-state index is -0.133. The number of hydrogen-bond acceptors (Lipinski definition) is 4. The van der Waals surface area contributed by atoms with Gasteiger partial charge in [0.25, 0.3) is 5.91 Å². The Kier molecular flexibility index (Phi) is 5.74. The molecule has 5 rings (SSSR count). The van der Waals surface area contributed by atoms with E-state index in [1.54, 1.807) is 29.2 Å². The summed E-state index contributed by atoms with van der Waals surface area (Å²) in [6.07, 6.45) is 1.71. The van der Waals surface area contributed by atoms with Crippen molar-refractivity contribution < 1.29 is 13.9 Å². The molecular weight excluding hydrogens is 449 g/mol. The number of fused-ring (bicyclic) bond motifs is 1. The van der Waals surface area contributed by atoms with Crippen LogP contribution >= 0.6 is 23.2 Å². The minimum Gasteiger partial charge on any atom is -0.457 e. The Balaban J connectivity index is 1.56. The zero-order valence-electron chi connectivity index (χ0n) is 17.0. The van der Waals surface area contributed by atoms with E-state index >= 15 is 0 Å². The number of H-pyrrole nitrogens is 1. The van der Waals surface area contributed by atoms with Crippen LogP contribution in [0.2, 0.25) is 10.0 Å². The third kappa shape index (κ3) is 4.05. The lowest BCUT2D eigenvalue weighted by Crippen LogP contribution is -2.41. The molecule has 4 aromatic rings. The number of para-hydroxylation sites is 2. The Hall–Kier alpha value is -3.06. The van der Waals surface area contributed by atoms with Crippen molar-refractivity contribution in [1.29, 1.82) is 0 Å². The highest BCUT2D eigenvalue weighted by Gasteiger charge is 2.24. The number of carbonyl (C=O) groups is 1. The number of hydrogen-bond donors (Lipinski definition) is 1. The first-order valence-electron chi connectivity index (χ1n) is 10.2. The van der Waals surface area contributed by atoms with Crippen LogP contribution in [0.1, 0.15) is 11.6 Å². The molecule has 0 atom stereocenters. The van der Waals surface area contributed by atoms with Crippen LogP contribution in [0, 0.1) is 0 Å². The summed E-state index contributed by atoms with van der Waals surface area (Å²) in [7, 11) is 0. The zero-order chi connectivity index (χ0) is 22.1. The SMILES string of the molecule is O=C(/C(=C/c1ccc(-c2cccc(Cl)c2Cl)o1)c1nc2ccccc2[nH]1)N1CCOCC1. The van der Waals surface area contributed by atoms with Gasteiger partial charge in [0.05, 0.1) is 39.9 Å². The van der Waals surface area contributed by atoms with E-state index in [0.717, 1.165) is 11.0 Å². The van der Waals surface area contributed by atoms with Crippen LogP contribution in [-0.4, -0.2) is 47.1 Å². The Morgan fingerprint density at radius 2 is 1.84 bits per heavy atom. The zero-order valence-corrected chi connectivity index (χ0v) is 18.5. The fourth-order valence-corrected chi connectivity index (χ4v) is 4.05. The molecule has 2 aromatic carbocycles. The number of amides is 1. The molecule has 162 valence electrons. The Morgan fingerprint density at radius 1 is 1.03 bits per heavy atom. The second-order valence-corrected chi connectivity index (χ2v) is 8.15. The van der Waals surface area contributed by atoms with Crippen LogP contribution in [0.3, 0.4) is 0 Å². The van der Waals surface area contributed by atoms with Crippen molar-refractivity contribution in [3.63, 3.8) is 0 Å². The van der Waals surface area contributed by atoms with Crippen LogP contribution in [0.25, 0.3) is 34.0 Å². The lowest BCUT2D eigenvalue weighted by Gasteiger charge is -2.27. The molecule has 6 nitrogen and oxygen atoms in total. The van der Waals surface area contributed by atoms with E-state index in [-0.39, 0.29) is 5.91 Å². The van der Waals surface area contributed by atoms with Crippen molar-refractivity contribution in [3.05, 3.63) is 76.2 Å². The number of morpholine rings is 1. The molecule has 1 aliphatic heterocycles. The molecule has 1 amide bonds. The summed E-state index contributed by atoms with van der Waals surface area (Å²) in [5, 5.41) is 0.865. The van der Waals surface area contributed by atoms with Gasteiger partial charge < -0.3 is 19.0 Å². The maximum absolute atomic E-state index is 13.4. The molecule has 0 bridgehead atoms. The second-order valence-electron chi connectivity index (χ2n) is 7.37. The van der Waals surface area contributed by atoms with Crippen molar-refractivity contribution in [2.75, 3.05) is 26.3 Å². The van der Waals surface area contributed by atoms with Gasteiger partial charge in [-0.25, -0.2) is 4.98 Å². The molecule has 1 fully saturated rings. The average molecular weight is 468 g/mol. The van der Waals surface area contributed by atoms with Gasteiger partial charge in [-0.05, 0) is 42.5 Å². The lowest BCUT2D eigenvalue weighted by atomic mass is 10.1. The molecule has 1 saturated heterocycles. The van der Waals surface area contributed by atoms with Gasteiger partial charge >= 0.3 is 0 Å². The highest BCUT2D eigenvalue weighted by molar-refractivity contribution is 6.43. The van der Waals surface area contributed by atoms with Crippen LogP contribution in [0.4, 0.5) is 0 Å². The van der Waals surface area contributed by atoms with E-state index in [1.807, 2.05) is 36.4 Å². The molecular formula is C24H19Cl2N3O3. The summed E-state index contributed by atoms with van der Waals surface area (Å²) >= 11 is 12.5. The van der Waals surface area contributed by atoms with Crippen LogP contribution in [-0.2, 0) is 9.53 Å². The third-order valence-corrected chi connectivity index (χ3v) is 6.12. The summed E-state index contributed by atoms with van der Waals surface area (Å²) in [6.45, 7) is 2.07. The Bertz CT molecular complexity index is 1290.